The van der Waals surface area contributed by atoms with Gasteiger partial charge in [0.25, 0.3) is 0 Å². The molecule has 1 saturated heterocycles. The van der Waals surface area contributed by atoms with E-state index in [0.717, 1.165) is 17.7 Å². The number of amides is 2. The van der Waals surface area contributed by atoms with Crippen LogP contribution >= 0.6 is 12.2 Å². The van der Waals surface area contributed by atoms with Crippen LogP contribution in [0.5, 0.6) is 0 Å². The lowest BCUT2D eigenvalue weighted by atomic mass is 10.1. The minimum Gasteiger partial charge on any atom is -0.328 e. The number of nitrogens with zero attached hydrogens (tertiary/aromatic N) is 1. The summed E-state index contributed by atoms with van der Waals surface area (Å²) in [4.78, 5) is 14.3. The fourth-order valence-corrected chi connectivity index (χ4v) is 2.67. The summed E-state index contributed by atoms with van der Waals surface area (Å²) in [6.45, 7) is 0. The average molecular weight is 282 g/mol. The van der Waals surface area contributed by atoms with Crippen LogP contribution in [0.25, 0.3) is 0 Å². The zero-order chi connectivity index (χ0) is 13.9. The second-order valence-electron chi connectivity index (χ2n) is 4.70. The molecule has 1 aliphatic rings. The number of carbonyl (C=O) groups is 1. The number of carbonyl (C=O) groups excluding carboxylic acids is 1. The van der Waals surface area contributed by atoms with Crippen molar-refractivity contribution in [2.45, 2.75) is 12.5 Å². The number of rotatable bonds is 3. The average Bonchev–Trinajstić information content (AvgIpc) is 2.75. The molecule has 0 saturated carbocycles. The van der Waals surface area contributed by atoms with Crippen LogP contribution < -0.4 is 10.2 Å². The number of urea groups is 1. The van der Waals surface area contributed by atoms with Gasteiger partial charge in [0.05, 0.1) is 11.7 Å². The lowest BCUT2D eigenvalue weighted by Crippen LogP contribution is -2.30. The SMILES string of the molecule is O=C1NC(Cc2ccccc2)C(=S)N1c1ccccc1. The Labute approximate surface area is 123 Å². The highest BCUT2D eigenvalue weighted by Crippen LogP contribution is 2.21. The van der Waals surface area contributed by atoms with Gasteiger partial charge in [-0.2, -0.15) is 0 Å². The Kier molecular flexibility index (Phi) is 3.48. The van der Waals surface area contributed by atoms with E-state index in [0.29, 0.717) is 4.99 Å². The molecule has 1 unspecified atom stereocenters. The quantitative estimate of drug-likeness (QED) is 0.877. The maximum absolute atomic E-state index is 12.1. The van der Waals surface area contributed by atoms with Crippen LogP contribution in [0.4, 0.5) is 10.5 Å². The fraction of sp³-hybridized carbons (Fsp3) is 0.125. The Bertz CT molecular complexity index is 627. The fourth-order valence-electron chi connectivity index (χ4n) is 2.34. The second-order valence-corrected chi connectivity index (χ2v) is 5.12. The van der Waals surface area contributed by atoms with Crippen LogP contribution in [-0.4, -0.2) is 17.1 Å². The van der Waals surface area contributed by atoms with Crippen molar-refractivity contribution >= 4 is 28.9 Å². The molecule has 3 nitrogen and oxygen atoms in total. The van der Waals surface area contributed by atoms with Crippen molar-refractivity contribution in [3.8, 4) is 0 Å². The Morgan fingerprint density at radius 2 is 1.60 bits per heavy atom. The number of hydrogen-bond donors (Lipinski definition) is 1. The third-order valence-corrected chi connectivity index (χ3v) is 3.78. The molecule has 4 heteroatoms. The first-order valence-electron chi connectivity index (χ1n) is 6.49. The van der Waals surface area contributed by atoms with E-state index in [1.807, 2.05) is 60.7 Å². The van der Waals surface area contributed by atoms with Gasteiger partial charge in [-0.25, -0.2) is 4.79 Å². The third kappa shape index (κ3) is 2.42. The summed E-state index contributed by atoms with van der Waals surface area (Å²) in [6, 6.07) is 19.3. The number of nitrogens with one attached hydrogen (secondary N) is 1. The number of hydrogen-bond acceptors (Lipinski definition) is 2. The Morgan fingerprint density at radius 3 is 2.25 bits per heavy atom. The van der Waals surface area contributed by atoms with Crippen molar-refractivity contribution in [2.75, 3.05) is 4.90 Å². The molecule has 0 bridgehead atoms. The van der Waals surface area contributed by atoms with Crippen molar-refractivity contribution in [3.05, 3.63) is 66.2 Å². The van der Waals surface area contributed by atoms with Crippen molar-refractivity contribution in [1.29, 1.82) is 0 Å². The van der Waals surface area contributed by atoms with Gasteiger partial charge in [-0.3, -0.25) is 4.90 Å². The first-order valence-corrected chi connectivity index (χ1v) is 6.90. The van der Waals surface area contributed by atoms with Crippen molar-refractivity contribution in [3.63, 3.8) is 0 Å². The molecule has 1 heterocycles. The molecule has 3 rings (SSSR count). The Hall–Kier alpha value is -2.20. The van der Waals surface area contributed by atoms with Crippen LogP contribution in [0.2, 0.25) is 0 Å². The number of benzene rings is 2. The van der Waals surface area contributed by atoms with E-state index in [1.165, 1.54) is 0 Å². The van der Waals surface area contributed by atoms with Gasteiger partial charge < -0.3 is 5.32 Å². The molecular weight excluding hydrogens is 268 g/mol. The molecule has 0 aromatic heterocycles. The van der Waals surface area contributed by atoms with E-state index in [2.05, 4.69) is 5.32 Å². The predicted molar refractivity (Wildman–Crippen MR) is 84.0 cm³/mol. The lowest BCUT2D eigenvalue weighted by molar-refractivity contribution is 0.251. The van der Waals surface area contributed by atoms with Crippen LogP contribution in [0.3, 0.4) is 0 Å². The predicted octanol–water partition coefficient (Wildman–Crippen LogP) is 3.15. The van der Waals surface area contributed by atoms with E-state index < -0.39 is 0 Å². The first-order chi connectivity index (χ1) is 9.75. The summed E-state index contributed by atoms with van der Waals surface area (Å²) in [6.07, 6.45) is 0.717. The van der Waals surface area contributed by atoms with Gasteiger partial charge >= 0.3 is 6.03 Å². The van der Waals surface area contributed by atoms with Crippen LogP contribution in [0.15, 0.2) is 60.7 Å². The van der Waals surface area contributed by atoms with Crippen LogP contribution in [0.1, 0.15) is 5.56 Å². The third-order valence-electron chi connectivity index (χ3n) is 3.32. The molecule has 0 aliphatic carbocycles. The van der Waals surface area contributed by atoms with Crippen molar-refractivity contribution in [2.24, 2.45) is 0 Å². The standard InChI is InChI=1S/C16H14N2OS/c19-16-17-14(11-12-7-3-1-4-8-12)15(20)18(16)13-9-5-2-6-10-13/h1-10,14H,11H2,(H,17,19). The minimum atomic E-state index is -0.151. The minimum absolute atomic E-state index is 0.125. The molecule has 2 aromatic rings. The first kappa shape index (κ1) is 12.8. The van der Waals surface area contributed by atoms with Gasteiger partial charge in [-0.1, -0.05) is 60.7 Å². The summed E-state index contributed by atoms with van der Waals surface area (Å²) in [7, 11) is 0. The maximum atomic E-state index is 12.1. The topological polar surface area (TPSA) is 32.3 Å². The van der Waals surface area contributed by atoms with Gasteiger partial charge in [0.1, 0.15) is 4.99 Å². The summed E-state index contributed by atoms with van der Waals surface area (Å²) in [5.41, 5.74) is 1.97. The molecule has 100 valence electrons. The molecule has 2 amide bonds. The van der Waals surface area contributed by atoms with Gasteiger partial charge in [0.2, 0.25) is 0 Å². The van der Waals surface area contributed by atoms with Crippen molar-refractivity contribution in [1.82, 2.24) is 5.32 Å². The zero-order valence-electron chi connectivity index (χ0n) is 10.8. The number of thiocarbonyl (C=S) groups is 1. The Morgan fingerprint density at radius 1 is 1.00 bits per heavy atom. The van der Waals surface area contributed by atoms with E-state index >= 15 is 0 Å². The molecular formula is C16H14N2OS. The van der Waals surface area contributed by atoms with Crippen molar-refractivity contribution < 1.29 is 4.79 Å². The molecule has 20 heavy (non-hydrogen) atoms. The van der Waals surface area contributed by atoms with Gasteiger partial charge in [-0.05, 0) is 24.1 Å². The monoisotopic (exact) mass is 282 g/mol. The second kappa shape index (κ2) is 5.43. The van der Waals surface area contributed by atoms with E-state index in [9.17, 15) is 4.79 Å². The number of para-hydroxylation sites is 1. The zero-order valence-corrected chi connectivity index (χ0v) is 11.6. The van der Waals surface area contributed by atoms with E-state index in [4.69, 9.17) is 12.2 Å². The summed E-state index contributed by atoms with van der Waals surface area (Å²) >= 11 is 5.46. The molecule has 0 radical (unpaired) electrons. The summed E-state index contributed by atoms with van der Waals surface area (Å²) in [5.74, 6) is 0. The molecule has 1 N–H and O–H groups in total. The van der Waals surface area contributed by atoms with Crippen LogP contribution in [0, 0.1) is 0 Å². The highest BCUT2D eigenvalue weighted by atomic mass is 32.1. The normalized spacial score (nSPS) is 18.2. The molecule has 1 atom stereocenters. The highest BCUT2D eigenvalue weighted by molar-refractivity contribution is 7.80. The molecule has 1 fully saturated rings. The molecule has 0 spiro atoms. The van der Waals surface area contributed by atoms with Gasteiger partial charge in [-0.15, -0.1) is 0 Å². The largest absolute Gasteiger partial charge is 0.328 e. The maximum Gasteiger partial charge on any atom is 0.327 e. The van der Waals surface area contributed by atoms with E-state index in [1.54, 1.807) is 4.90 Å². The molecule has 1 aliphatic heterocycles. The Balaban J connectivity index is 1.81. The van der Waals surface area contributed by atoms with E-state index in [-0.39, 0.29) is 12.1 Å². The van der Waals surface area contributed by atoms with Gasteiger partial charge in [0.15, 0.2) is 0 Å². The smallest absolute Gasteiger partial charge is 0.327 e. The van der Waals surface area contributed by atoms with Crippen LogP contribution in [-0.2, 0) is 6.42 Å². The summed E-state index contributed by atoms with van der Waals surface area (Å²) < 4.78 is 0. The van der Waals surface area contributed by atoms with Gasteiger partial charge in [0, 0.05) is 0 Å². The molecule has 2 aromatic carbocycles. The summed E-state index contributed by atoms with van der Waals surface area (Å²) in [5, 5.41) is 2.95. The highest BCUT2D eigenvalue weighted by Gasteiger charge is 2.35. The lowest BCUT2D eigenvalue weighted by Gasteiger charge is -2.15. The number of anilines is 1.